The van der Waals surface area contributed by atoms with Crippen molar-refractivity contribution in [1.29, 1.82) is 0 Å². The highest BCUT2D eigenvalue weighted by molar-refractivity contribution is 7.85. The Morgan fingerprint density at radius 1 is 1.32 bits per heavy atom. The van der Waals surface area contributed by atoms with Gasteiger partial charge in [-0.15, -0.1) is 0 Å². The molecule has 1 aliphatic rings. The summed E-state index contributed by atoms with van der Waals surface area (Å²) in [7, 11) is 0.246. The summed E-state index contributed by atoms with van der Waals surface area (Å²) in [6.07, 6.45) is 0.171. The minimum Gasteiger partial charge on any atom is -0.469 e. The van der Waals surface area contributed by atoms with Gasteiger partial charge >= 0.3 is 5.97 Å². The molecule has 1 aliphatic heterocycles. The molecule has 1 heterocycles. The number of rotatable bonds is 3. The van der Waals surface area contributed by atoms with Crippen LogP contribution in [0.1, 0.15) is 12.8 Å². The number of fused-ring (bicyclic) bond motifs is 1. The van der Waals surface area contributed by atoms with Crippen molar-refractivity contribution in [3.63, 3.8) is 0 Å². The Balaban J connectivity index is 2.14. The molecule has 1 amide bonds. The van der Waals surface area contributed by atoms with E-state index < -0.39 is 16.8 Å². The molecule has 1 aromatic rings. The average Bonchev–Trinajstić information content (AvgIpc) is 2.45. The van der Waals surface area contributed by atoms with Crippen molar-refractivity contribution in [1.82, 2.24) is 0 Å². The molecule has 0 aliphatic carbocycles. The smallest absolute Gasteiger partial charge is 0.306 e. The fourth-order valence-corrected chi connectivity index (χ4v) is 3.19. The van der Waals surface area contributed by atoms with E-state index in [4.69, 9.17) is 0 Å². The Kier molecular flexibility index (Phi) is 4.31. The van der Waals surface area contributed by atoms with E-state index in [9.17, 15) is 13.8 Å². The van der Waals surface area contributed by atoms with Gasteiger partial charge in [0, 0.05) is 18.7 Å². The number of ether oxygens (including phenoxy) is 1. The van der Waals surface area contributed by atoms with Crippen LogP contribution in [0.2, 0.25) is 0 Å². The van der Waals surface area contributed by atoms with Gasteiger partial charge in [-0.3, -0.25) is 13.8 Å². The summed E-state index contributed by atoms with van der Waals surface area (Å²) >= 11 is 0. The van der Waals surface area contributed by atoms with Crippen molar-refractivity contribution < 1.29 is 18.5 Å². The zero-order valence-corrected chi connectivity index (χ0v) is 11.4. The van der Waals surface area contributed by atoms with Crippen LogP contribution in [0.4, 0.5) is 5.69 Å². The lowest BCUT2D eigenvalue weighted by molar-refractivity contribution is -0.141. The molecule has 5 nitrogen and oxygen atoms in total. The number of benzene rings is 1. The van der Waals surface area contributed by atoms with Crippen LogP contribution in [0.5, 0.6) is 0 Å². The first-order valence-corrected chi connectivity index (χ1v) is 7.30. The van der Waals surface area contributed by atoms with Gasteiger partial charge in [0.25, 0.3) is 0 Å². The number of methoxy groups -OCH3 is 1. The molecule has 102 valence electrons. The largest absolute Gasteiger partial charge is 0.469 e. The first-order chi connectivity index (χ1) is 9.13. The second kappa shape index (κ2) is 5.97. The number of carbonyl (C=O) groups is 2. The van der Waals surface area contributed by atoms with Crippen molar-refractivity contribution >= 4 is 28.4 Å². The fourth-order valence-electron chi connectivity index (χ4n) is 1.98. The van der Waals surface area contributed by atoms with E-state index >= 15 is 0 Å². The van der Waals surface area contributed by atoms with E-state index in [-0.39, 0.29) is 18.7 Å². The number of esters is 1. The van der Waals surface area contributed by atoms with Crippen LogP contribution < -0.4 is 4.90 Å². The van der Waals surface area contributed by atoms with E-state index in [0.29, 0.717) is 22.9 Å². The minimum absolute atomic E-state index is 0.0666. The lowest BCUT2D eigenvalue weighted by Crippen LogP contribution is -2.38. The number of carbonyl (C=O) groups excluding carboxylic acids is 2. The number of nitrogens with zero attached hydrogens (tertiary/aromatic N) is 1. The van der Waals surface area contributed by atoms with Gasteiger partial charge in [-0.2, -0.15) is 0 Å². The van der Waals surface area contributed by atoms with Crippen LogP contribution in [0.15, 0.2) is 29.2 Å². The van der Waals surface area contributed by atoms with Crippen LogP contribution >= 0.6 is 0 Å². The molecule has 2 rings (SSSR count). The molecule has 0 aromatic heterocycles. The van der Waals surface area contributed by atoms with Gasteiger partial charge in [0.05, 0.1) is 34.9 Å². The van der Waals surface area contributed by atoms with Crippen molar-refractivity contribution in [2.45, 2.75) is 17.7 Å². The maximum Gasteiger partial charge on any atom is 0.306 e. The summed E-state index contributed by atoms with van der Waals surface area (Å²) in [6.45, 7) is 0.420. The predicted molar refractivity (Wildman–Crippen MR) is 71.3 cm³/mol. The molecule has 0 N–H and O–H groups in total. The first kappa shape index (κ1) is 13.7. The van der Waals surface area contributed by atoms with E-state index in [0.717, 1.165) is 0 Å². The Morgan fingerprint density at radius 2 is 2.05 bits per heavy atom. The van der Waals surface area contributed by atoms with Gasteiger partial charge in [-0.25, -0.2) is 0 Å². The number of para-hydroxylation sites is 1. The van der Waals surface area contributed by atoms with E-state index in [1.807, 2.05) is 6.07 Å². The van der Waals surface area contributed by atoms with Crippen LogP contribution in [0, 0.1) is 0 Å². The lowest BCUT2D eigenvalue weighted by atomic mass is 10.2. The van der Waals surface area contributed by atoms with Gasteiger partial charge in [0.15, 0.2) is 0 Å². The second-order valence-corrected chi connectivity index (χ2v) is 5.68. The zero-order chi connectivity index (χ0) is 13.8. The highest BCUT2D eigenvalue weighted by Crippen LogP contribution is 2.28. The van der Waals surface area contributed by atoms with Crippen molar-refractivity contribution in [3.05, 3.63) is 24.3 Å². The molecule has 0 fully saturated rings. The summed E-state index contributed by atoms with van der Waals surface area (Å²) in [5.41, 5.74) is 0.682. The molecular formula is C13H15NO4S. The third-order valence-electron chi connectivity index (χ3n) is 2.97. The van der Waals surface area contributed by atoms with Crippen LogP contribution in [0.3, 0.4) is 0 Å². The maximum atomic E-state index is 12.1. The summed E-state index contributed by atoms with van der Waals surface area (Å²) < 4.78 is 16.4. The van der Waals surface area contributed by atoms with Gasteiger partial charge in [-0.05, 0) is 12.1 Å². The summed E-state index contributed by atoms with van der Waals surface area (Å²) in [6, 6.07) is 7.16. The number of hydrogen-bond donors (Lipinski definition) is 0. The Labute approximate surface area is 114 Å². The maximum absolute atomic E-state index is 12.1. The highest BCUT2D eigenvalue weighted by atomic mass is 32.2. The second-order valence-electron chi connectivity index (χ2n) is 4.14. The van der Waals surface area contributed by atoms with Gasteiger partial charge < -0.3 is 9.64 Å². The molecule has 1 aromatic carbocycles. The number of anilines is 1. The SMILES string of the molecule is COC(=O)CCC(=O)N1CCS(=O)c2ccccc21. The monoisotopic (exact) mass is 281 g/mol. The van der Waals surface area contributed by atoms with Gasteiger partial charge in [0.2, 0.25) is 5.91 Å². The molecule has 19 heavy (non-hydrogen) atoms. The Hall–Kier alpha value is -1.69. The van der Waals surface area contributed by atoms with Crippen LogP contribution in [-0.2, 0) is 25.1 Å². The molecule has 0 saturated heterocycles. The van der Waals surface area contributed by atoms with Crippen LogP contribution in [-0.4, -0.2) is 35.5 Å². The Morgan fingerprint density at radius 3 is 2.79 bits per heavy atom. The predicted octanol–water partition coefficient (Wildman–Crippen LogP) is 1.09. The third kappa shape index (κ3) is 3.01. The Bertz CT molecular complexity index is 529. The topological polar surface area (TPSA) is 63.7 Å². The lowest BCUT2D eigenvalue weighted by Gasteiger charge is -2.28. The minimum atomic E-state index is -1.05. The molecule has 1 atom stereocenters. The van der Waals surface area contributed by atoms with Crippen molar-refractivity contribution in [2.24, 2.45) is 0 Å². The molecular weight excluding hydrogens is 266 g/mol. The zero-order valence-electron chi connectivity index (χ0n) is 10.6. The molecule has 0 bridgehead atoms. The van der Waals surface area contributed by atoms with E-state index in [1.165, 1.54) is 7.11 Å². The summed E-state index contributed by atoms with van der Waals surface area (Å²) in [5, 5.41) is 0. The third-order valence-corrected chi connectivity index (χ3v) is 4.36. The average molecular weight is 281 g/mol. The summed E-state index contributed by atoms with van der Waals surface area (Å²) in [5.74, 6) is -0.113. The molecule has 0 spiro atoms. The van der Waals surface area contributed by atoms with Crippen molar-refractivity contribution in [2.75, 3.05) is 24.3 Å². The summed E-state index contributed by atoms with van der Waals surface area (Å²) in [4.78, 5) is 25.4. The quantitative estimate of drug-likeness (QED) is 0.778. The highest BCUT2D eigenvalue weighted by Gasteiger charge is 2.26. The molecule has 0 saturated carbocycles. The van der Waals surface area contributed by atoms with E-state index in [2.05, 4.69) is 4.74 Å². The first-order valence-electron chi connectivity index (χ1n) is 5.98. The molecule has 0 radical (unpaired) electrons. The van der Waals surface area contributed by atoms with Gasteiger partial charge in [0.1, 0.15) is 0 Å². The fraction of sp³-hybridized carbons (Fsp3) is 0.385. The molecule has 6 heteroatoms. The van der Waals surface area contributed by atoms with Crippen molar-refractivity contribution in [3.8, 4) is 0 Å². The van der Waals surface area contributed by atoms with Crippen LogP contribution in [0.25, 0.3) is 0 Å². The molecule has 1 unspecified atom stereocenters. The van der Waals surface area contributed by atoms with E-state index in [1.54, 1.807) is 23.1 Å². The van der Waals surface area contributed by atoms with Gasteiger partial charge in [-0.1, -0.05) is 12.1 Å². The standard InChI is InChI=1S/C13H15NO4S/c1-18-13(16)7-6-12(15)14-8-9-19(17)11-5-3-2-4-10(11)14/h2-5H,6-9H2,1H3. The normalized spacial score (nSPS) is 17.7. The number of hydrogen-bond acceptors (Lipinski definition) is 4. The number of amides is 1.